The van der Waals surface area contributed by atoms with Crippen LogP contribution in [0.5, 0.6) is 0 Å². The SMILES string of the molecule is COC(=O)c1ccc(C)c(NC(=O)[C@@H]2CCC[C@@H]2CN)c1. The van der Waals surface area contributed by atoms with E-state index < -0.39 is 5.97 Å². The van der Waals surface area contributed by atoms with E-state index >= 15 is 0 Å². The molecule has 0 spiro atoms. The zero-order chi connectivity index (χ0) is 15.4. The molecule has 114 valence electrons. The molecule has 0 heterocycles. The molecule has 5 nitrogen and oxygen atoms in total. The highest BCUT2D eigenvalue weighted by molar-refractivity contribution is 5.96. The Bertz CT molecular complexity index is 542. The lowest BCUT2D eigenvalue weighted by Gasteiger charge is -2.18. The monoisotopic (exact) mass is 290 g/mol. The van der Waals surface area contributed by atoms with Crippen molar-refractivity contribution in [3.8, 4) is 0 Å². The fourth-order valence-corrected chi connectivity index (χ4v) is 2.89. The second-order valence-electron chi connectivity index (χ2n) is 5.54. The van der Waals surface area contributed by atoms with E-state index in [1.165, 1.54) is 7.11 Å². The van der Waals surface area contributed by atoms with E-state index in [0.29, 0.717) is 17.8 Å². The molecule has 0 saturated heterocycles. The summed E-state index contributed by atoms with van der Waals surface area (Å²) in [6, 6.07) is 5.15. The highest BCUT2D eigenvalue weighted by Gasteiger charge is 2.32. The van der Waals surface area contributed by atoms with E-state index in [1.807, 2.05) is 6.92 Å². The van der Waals surface area contributed by atoms with Gasteiger partial charge < -0.3 is 15.8 Å². The van der Waals surface area contributed by atoms with Crippen LogP contribution in [0, 0.1) is 18.8 Å². The first-order valence-electron chi connectivity index (χ1n) is 7.26. The van der Waals surface area contributed by atoms with Gasteiger partial charge in [-0.25, -0.2) is 4.79 Å². The van der Waals surface area contributed by atoms with Gasteiger partial charge in [-0.1, -0.05) is 12.5 Å². The summed E-state index contributed by atoms with van der Waals surface area (Å²) in [6.07, 6.45) is 2.93. The lowest BCUT2D eigenvalue weighted by atomic mass is 9.95. The van der Waals surface area contributed by atoms with Crippen LogP contribution in [0.3, 0.4) is 0 Å². The number of benzene rings is 1. The predicted octanol–water partition coefficient (Wildman–Crippen LogP) is 2.10. The van der Waals surface area contributed by atoms with Gasteiger partial charge in [-0.3, -0.25) is 4.79 Å². The molecule has 0 unspecified atom stereocenters. The van der Waals surface area contributed by atoms with Crippen molar-refractivity contribution < 1.29 is 14.3 Å². The summed E-state index contributed by atoms with van der Waals surface area (Å²) in [5.41, 5.74) is 7.73. The molecule has 0 aromatic heterocycles. The number of carbonyl (C=O) groups is 2. The quantitative estimate of drug-likeness (QED) is 0.832. The molecule has 2 rings (SSSR count). The molecular weight excluding hydrogens is 268 g/mol. The maximum Gasteiger partial charge on any atom is 0.337 e. The Morgan fingerprint density at radius 3 is 2.81 bits per heavy atom. The van der Waals surface area contributed by atoms with E-state index in [-0.39, 0.29) is 17.7 Å². The smallest absolute Gasteiger partial charge is 0.337 e. The van der Waals surface area contributed by atoms with Crippen molar-refractivity contribution >= 4 is 17.6 Å². The van der Waals surface area contributed by atoms with Crippen molar-refractivity contribution in [3.63, 3.8) is 0 Å². The van der Waals surface area contributed by atoms with Crippen LogP contribution in [0.2, 0.25) is 0 Å². The zero-order valence-corrected chi connectivity index (χ0v) is 12.5. The van der Waals surface area contributed by atoms with Crippen molar-refractivity contribution in [2.45, 2.75) is 26.2 Å². The summed E-state index contributed by atoms with van der Waals surface area (Å²) >= 11 is 0. The molecule has 1 aliphatic carbocycles. The minimum Gasteiger partial charge on any atom is -0.465 e. The van der Waals surface area contributed by atoms with Gasteiger partial charge in [0.1, 0.15) is 0 Å². The van der Waals surface area contributed by atoms with E-state index in [9.17, 15) is 9.59 Å². The number of anilines is 1. The second-order valence-corrected chi connectivity index (χ2v) is 5.54. The van der Waals surface area contributed by atoms with Crippen molar-refractivity contribution in [2.75, 3.05) is 19.0 Å². The van der Waals surface area contributed by atoms with Gasteiger partial charge in [-0.2, -0.15) is 0 Å². The fourth-order valence-electron chi connectivity index (χ4n) is 2.89. The largest absolute Gasteiger partial charge is 0.465 e. The van der Waals surface area contributed by atoms with Crippen LogP contribution in [0.25, 0.3) is 0 Å². The molecule has 5 heteroatoms. The maximum absolute atomic E-state index is 12.4. The molecule has 1 saturated carbocycles. The molecule has 1 fully saturated rings. The number of esters is 1. The molecule has 0 bridgehead atoms. The molecular formula is C16H22N2O3. The van der Waals surface area contributed by atoms with E-state index in [1.54, 1.807) is 18.2 Å². The van der Waals surface area contributed by atoms with E-state index in [4.69, 9.17) is 10.5 Å². The van der Waals surface area contributed by atoms with Crippen molar-refractivity contribution in [3.05, 3.63) is 29.3 Å². The predicted molar refractivity (Wildman–Crippen MR) is 81.0 cm³/mol. The first-order valence-corrected chi connectivity index (χ1v) is 7.26. The third-order valence-electron chi connectivity index (χ3n) is 4.22. The number of amides is 1. The van der Waals surface area contributed by atoms with Gasteiger partial charge in [-0.05, 0) is 49.9 Å². The van der Waals surface area contributed by atoms with Gasteiger partial charge in [0.2, 0.25) is 5.91 Å². The topological polar surface area (TPSA) is 81.4 Å². The molecule has 1 aromatic carbocycles. The lowest BCUT2D eigenvalue weighted by molar-refractivity contribution is -0.120. The molecule has 1 aromatic rings. The first kappa shape index (κ1) is 15.5. The summed E-state index contributed by atoms with van der Waals surface area (Å²) in [5.74, 6) is -0.190. The third kappa shape index (κ3) is 3.42. The van der Waals surface area contributed by atoms with E-state index in [2.05, 4.69) is 5.32 Å². The number of ether oxygens (including phenoxy) is 1. The van der Waals surface area contributed by atoms with Crippen LogP contribution < -0.4 is 11.1 Å². The number of methoxy groups -OCH3 is 1. The van der Waals surface area contributed by atoms with Gasteiger partial charge in [0, 0.05) is 11.6 Å². The molecule has 2 atom stereocenters. The first-order chi connectivity index (χ1) is 10.1. The molecule has 0 aliphatic heterocycles. The Balaban J connectivity index is 2.15. The van der Waals surface area contributed by atoms with Gasteiger partial charge in [-0.15, -0.1) is 0 Å². The Labute approximate surface area is 124 Å². The number of hydrogen-bond donors (Lipinski definition) is 2. The third-order valence-corrected chi connectivity index (χ3v) is 4.22. The van der Waals surface area contributed by atoms with Gasteiger partial charge >= 0.3 is 5.97 Å². The van der Waals surface area contributed by atoms with Crippen molar-refractivity contribution in [2.24, 2.45) is 17.6 Å². The average Bonchev–Trinajstić information content (AvgIpc) is 2.97. The van der Waals surface area contributed by atoms with Crippen LogP contribution in [-0.4, -0.2) is 25.5 Å². The van der Waals surface area contributed by atoms with Gasteiger partial charge in [0.05, 0.1) is 12.7 Å². The van der Waals surface area contributed by atoms with Crippen LogP contribution in [-0.2, 0) is 9.53 Å². The number of aryl methyl sites for hydroxylation is 1. The summed E-state index contributed by atoms with van der Waals surface area (Å²) in [6.45, 7) is 2.44. The number of hydrogen-bond acceptors (Lipinski definition) is 4. The van der Waals surface area contributed by atoms with E-state index in [0.717, 1.165) is 24.8 Å². The number of nitrogens with two attached hydrogens (primary N) is 1. The summed E-state index contributed by atoms with van der Waals surface area (Å²) in [7, 11) is 1.34. The standard InChI is InChI=1S/C16H22N2O3/c1-10-6-7-11(16(20)21-2)8-14(10)18-15(19)13-5-3-4-12(13)9-17/h6-8,12-13H,3-5,9,17H2,1-2H3,(H,18,19)/t12-,13-/m1/s1. The zero-order valence-electron chi connectivity index (χ0n) is 12.5. The lowest BCUT2D eigenvalue weighted by Crippen LogP contribution is -2.30. The second kappa shape index (κ2) is 6.72. The highest BCUT2D eigenvalue weighted by atomic mass is 16.5. The minimum atomic E-state index is -0.411. The van der Waals surface area contributed by atoms with Crippen molar-refractivity contribution in [1.82, 2.24) is 0 Å². The molecule has 1 amide bonds. The maximum atomic E-state index is 12.4. The highest BCUT2D eigenvalue weighted by Crippen LogP contribution is 2.32. The average molecular weight is 290 g/mol. The number of nitrogens with one attached hydrogen (secondary N) is 1. The molecule has 0 radical (unpaired) electrons. The van der Waals surface area contributed by atoms with Crippen LogP contribution in [0.1, 0.15) is 35.2 Å². The number of carbonyl (C=O) groups excluding carboxylic acids is 2. The van der Waals surface area contributed by atoms with Gasteiger partial charge in [0.25, 0.3) is 0 Å². The van der Waals surface area contributed by atoms with Crippen LogP contribution in [0.15, 0.2) is 18.2 Å². The Hall–Kier alpha value is -1.88. The Kier molecular flexibility index (Phi) is 4.96. The fraction of sp³-hybridized carbons (Fsp3) is 0.500. The van der Waals surface area contributed by atoms with Crippen molar-refractivity contribution in [1.29, 1.82) is 0 Å². The van der Waals surface area contributed by atoms with Crippen LogP contribution in [0.4, 0.5) is 5.69 Å². The molecule has 3 N–H and O–H groups in total. The number of rotatable bonds is 4. The van der Waals surface area contributed by atoms with Gasteiger partial charge in [0.15, 0.2) is 0 Å². The minimum absolute atomic E-state index is 0.00642. The summed E-state index contributed by atoms with van der Waals surface area (Å²) < 4.78 is 4.70. The normalized spacial score (nSPS) is 21.1. The Morgan fingerprint density at radius 1 is 1.38 bits per heavy atom. The summed E-state index contributed by atoms with van der Waals surface area (Å²) in [4.78, 5) is 24.0. The molecule has 21 heavy (non-hydrogen) atoms. The van der Waals surface area contributed by atoms with Crippen LogP contribution >= 0.6 is 0 Å². The summed E-state index contributed by atoms with van der Waals surface area (Å²) in [5, 5.41) is 2.93. The Morgan fingerprint density at radius 2 is 2.14 bits per heavy atom. The molecule has 1 aliphatic rings.